The molecule has 6 heteroatoms. The van der Waals surface area contributed by atoms with Gasteiger partial charge in [0.25, 0.3) is 0 Å². The zero-order valence-electron chi connectivity index (χ0n) is 47.6. The quantitative estimate of drug-likeness (QED) is 0.0261. The number of hydrogen-bond acceptors (Lipinski definition) is 6. The van der Waals surface area contributed by atoms with Crippen LogP contribution in [0.2, 0.25) is 0 Å². The van der Waals surface area contributed by atoms with Crippen LogP contribution in [0, 0.1) is 0 Å². The van der Waals surface area contributed by atoms with E-state index in [-0.39, 0.29) is 37.5 Å². The summed E-state index contributed by atoms with van der Waals surface area (Å²) in [6.45, 7) is 6.36. The lowest BCUT2D eigenvalue weighted by Crippen LogP contribution is -2.30. The Kier molecular flexibility index (Phi) is 57.4. The summed E-state index contributed by atoms with van der Waals surface area (Å²) in [6, 6.07) is 0. The van der Waals surface area contributed by atoms with Crippen LogP contribution in [0.25, 0.3) is 0 Å². The smallest absolute Gasteiger partial charge is 0.306 e. The largest absolute Gasteiger partial charge is 0.462 e. The third kappa shape index (κ3) is 58.8. The Hall–Kier alpha value is -3.93. The molecular weight excluding hydrogens is 901 g/mol. The predicted molar refractivity (Wildman–Crippen MR) is 316 cm³/mol. The lowest BCUT2D eigenvalue weighted by Gasteiger charge is -2.18. The van der Waals surface area contributed by atoms with E-state index in [4.69, 9.17) is 14.2 Å². The van der Waals surface area contributed by atoms with Crippen LogP contribution in [0.4, 0.5) is 0 Å². The maximum Gasteiger partial charge on any atom is 0.306 e. The van der Waals surface area contributed by atoms with E-state index in [1.807, 2.05) is 0 Å². The van der Waals surface area contributed by atoms with Crippen molar-refractivity contribution in [1.82, 2.24) is 0 Å². The average Bonchev–Trinajstić information content (AvgIpc) is 3.39. The number of carbonyl (C=O) groups is 3. The summed E-state index contributed by atoms with van der Waals surface area (Å²) in [5.41, 5.74) is 0. The molecule has 0 heterocycles. The van der Waals surface area contributed by atoms with E-state index in [2.05, 4.69) is 130 Å². The Morgan fingerprint density at radius 3 is 0.877 bits per heavy atom. The van der Waals surface area contributed by atoms with Gasteiger partial charge in [-0.05, 0) is 96.3 Å². The molecule has 416 valence electrons. The topological polar surface area (TPSA) is 78.9 Å². The molecule has 0 saturated heterocycles. The highest BCUT2D eigenvalue weighted by Crippen LogP contribution is 2.16. The fourth-order valence-electron chi connectivity index (χ4n) is 8.29. The van der Waals surface area contributed by atoms with Crippen LogP contribution in [0.15, 0.2) is 109 Å². The van der Waals surface area contributed by atoms with Gasteiger partial charge in [0.1, 0.15) is 13.2 Å². The molecule has 0 radical (unpaired) electrons. The molecule has 0 aliphatic rings. The summed E-state index contributed by atoms with van der Waals surface area (Å²) < 4.78 is 16.8. The van der Waals surface area contributed by atoms with Crippen molar-refractivity contribution < 1.29 is 28.6 Å². The van der Waals surface area contributed by atoms with Gasteiger partial charge in [-0.2, -0.15) is 0 Å². The van der Waals surface area contributed by atoms with Crippen LogP contribution >= 0.6 is 0 Å². The Labute approximate surface area is 450 Å². The molecule has 0 aliphatic carbocycles. The minimum Gasteiger partial charge on any atom is -0.462 e. The van der Waals surface area contributed by atoms with Crippen molar-refractivity contribution in [2.45, 2.75) is 284 Å². The molecule has 1 atom stereocenters. The van der Waals surface area contributed by atoms with Crippen molar-refractivity contribution in [2.24, 2.45) is 0 Å². The molecule has 0 aromatic rings. The number of esters is 3. The van der Waals surface area contributed by atoms with Crippen molar-refractivity contribution in [3.63, 3.8) is 0 Å². The summed E-state index contributed by atoms with van der Waals surface area (Å²) in [5, 5.41) is 0. The van der Waals surface area contributed by atoms with Gasteiger partial charge in [0.15, 0.2) is 6.10 Å². The minimum absolute atomic E-state index is 0.0985. The summed E-state index contributed by atoms with van der Waals surface area (Å²) >= 11 is 0. The van der Waals surface area contributed by atoms with Crippen LogP contribution in [-0.2, 0) is 28.6 Å². The second-order valence-corrected chi connectivity index (χ2v) is 19.9. The number of hydrogen-bond donors (Lipinski definition) is 0. The first kappa shape index (κ1) is 69.1. The molecule has 0 bridgehead atoms. The van der Waals surface area contributed by atoms with Gasteiger partial charge in [-0.25, -0.2) is 0 Å². The van der Waals surface area contributed by atoms with Gasteiger partial charge in [0, 0.05) is 19.3 Å². The van der Waals surface area contributed by atoms with Crippen molar-refractivity contribution in [2.75, 3.05) is 13.2 Å². The fraction of sp³-hybridized carbons (Fsp3) is 0.687. The van der Waals surface area contributed by atoms with Gasteiger partial charge < -0.3 is 14.2 Å². The second kappa shape index (κ2) is 60.6. The molecule has 0 aromatic heterocycles. The van der Waals surface area contributed by atoms with E-state index in [1.165, 1.54) is 128 Å². The Morgan fingerprint density at radius 2 is 0.548 bits per heavy atom. The lowest BCUT2D eigenvalue weighted by atomic mass is 10.0. The number of ether oxygens (including phenoxy) is 3. The zero-order chi connectivity index (χ0) is 52.9. The highest BCUT2D eigenvalue weighted by Gasteiger charge is 2.19. The SMILES string of the molecule is CC/C=C\C/C=C\C/C=C\C/C=C\C/C=C\CCCC(=O)OC(COC(=O)CCCCCCCCCCC)COC(=O)CCCCCCCCCCCCCCCCCC/C=C\C/C=C\C/C=C\C/C=C\CC. The molecule has 0 fully saturated rings. The van der Waals surface area contributed by atoms with E-state index < -0.39 is 6.10 Å². The first-order valence-corrected chi connectivity index (χ1v) is 30.4. The molecule has 0 amide bonds. The average molecular weight is 1010 g/mol. The molecule has 1 unspecified atom stereocenters. The molecule has 73 heavy (non-hydrogen) atoms. The van der Waals surface area contributed by atoms with Gasteiger partial charge >= 0.3 is 17.9 Å². The predicted octanol–water partition coefficient (Wildman–Crippen LogP) is 20.7. The van der Waals surface area contributed by atoms with Gasteiger partial charge in [0.05, 0.1) is 0 Å². The van der Waals surface area contributed by atoms with Crippen molar-refractivity contribution in [3.05, 3.63) is 109 Å². The number of unbranched alkanes of at least 4 members (excludes halogenated alkanes) is 25. The van der Waals surface area contributed by atoms with E-state index in [9.17, 15) is 14.4 Å². The van der Waals surface area contributed by atoms with Crippen molar-refractivity contribution in [3.8, 4) is 0 Å². The van der Waals surface area contributed by atoms with E-state index >= 15 is 0 Å². The molecule has 0 rings (SSSR count). The molecule has 0 spiro atoms. The van der Waals surface area contributed by atoms with E-state index in [1.54, 1.807) is 0 Å². The van der Waals surface area contributed by atoms with Gasteiger partial charge in [0.2, 0.25) is 0 Å². The number of carbonyl (C=O) groups excluding carboxylic acids is 3. The first-order valence-electron chi connectivity index (χ1n) is 30.4. The number of allylic oxidation sites excluding steroid dienone is 18. The van der Waals surface area contributed by atoms with Crippen LogP contribution in [-0.4, -0.2) is 37.2 Å². The Morgan fingerprint density at radius 1 is 0.288 bits per heavy atom. The molecular formula is C67H112O6. The van der Waals surface area contributed by atoms with Crippen LogP contribution in [0.3, 0.4) is 0 Å². The van der Waals surface area contributed by atoms with E-state index in [0.717, 1.165) is 103 Å². The van der Waals surface area contributed by atoms with Crippen molar-refractivity contribution >= 4 is 17.9 Å². The summed E-state index contributed by atoms with van der Waals surface area (Å²) in [7, 11) is 0. The number of rotatable bonds is 54. The maximum atomic E-state index is 12.8. The van der Waals surface area contributed by atoms with Crippen LogP contribution in [0.5, 0.6) is 0 Å². The monoisotopic (exact) mass is 1010 g/mol. The molecule has 0 saturated carbocycles. The normalized spacial score (nSPS) is 12.9. The lowest BCUT2D eigenvalue weighted by molar-refractivity contribution is -0.167. The van der Waals surface area contributed by atoms with Crippen LogP contribution < -0.4 is 0 Å². The Balaban J connectivity index is 4.21. The third-order valence-electron chi connectivity index (χ3n) is 12.8. The highest BCUT2D eigenvalue weighted by atomic mass is 16.6. The Bertz CT molecular complexity index is 1490. The minimum atomic E-state index is -0.806. The zero-order valence-corrected chi connectivity index (χ0v) is 47.6. The van der Waals surface area contributed by atoms with Gasteiger partial charge in [-0.3, -0.25) is 14.4 Å². The second-order valence-electron chi connectivity index (χ2n) is 19.9. The summed E-state index contributed by atoms with van der Waals surface area (Å²) in [4.78, 5) is 38.1. The first-order chi connectivity index (χ1) is 36.0. The highest BCUT2D eigenvalue weighted by molar-refractivity contribution is 5.71. The van der Waals surface area contributed by atoms with Crippen LogP contribution in [0.1, 0.15) is 278 Å². The van der Waals surface area contributed by atoms with Crippen molar-refractivity contribution in [1.29, 1.82) is 0 Å². The molecule has 0 aliphatic heterocycles. The maximum absolute atomic E-state index is 12.8. The molecule has 6 nitrogen and oxygen atoms in total. The summed E-state index contributed by atoms with van der Waals surface area (Å²) in [6.07, 6.45) is 82.6. The third-order valence-corrected chi connectivity index (χ3v) is 12.8. The van der Waals surface area contributed by atoms with Gasteiger partial charge in [-0.1, -0.05) is 271 Å². The van der Waals surface area contributed by atoms with Gasteiger partial charge in [-0.15, -0.1) is 0 Å². The molecule has 0 aromatic carbocycles. The fourth-order valence-corrected chi connectivity index (χ4v) is 8.29. The summed E-state index contributed by atoms with van der Waals surface area (Å²) in [5.74, 6) is -0.956. The standard InChI is InChI=1S/C67H112O6/c1-4-7-10-13-16-19-21-23-25-27-28-29-30-31-32-33-34-35-36-37-38-40-41-43-45-48-51-54-57-60-66(69)72-63-64(62-71-65(68)59-56-53-50-47-18-15-12-9-6-3)73-67(70)61-58-55-52-49-46-44-42-39-26-24-22-20-17-14-11-8-5-2/h7-8,10-11,16-17,19-20,23-26,28-29,42,44,49,52,64H,4-6,9,12-15,18,21-22,27,30-41,43,45-48,50-51,53-63H2,1-3H3/b10-7-,11-8-,19-16-,20-17-,25-23-,26-24-,29-28-,44-42-,52-49-. The van der Waals surface area contributed by atoms with E-state index in [0.29, 0.717) is 19.3 Å². The molecule has 0 N–H and O–H groups in total.